The smallest absolute Gasteiger partial charge is 0.163 e. The number of hydrogen-bond donors (Lipinski definition) is 1. The van der Waals surface area contributed by atoms with Gasteiger partial charge in [0.25, 0.3) is 0 Å². The second kappa shape index (κ2) is 5.75. The monoisotopic (exact) mass is 324 g/mol. The molecule has 0 aromatic heterocycles. The van der Waals surface area contributed by atoms with Crippen LogP contribution in [0.3, 0.4) is 0 Å². The summed E-state index contributed by atoms with van der Waals surface area (Å²) in [6, 6.07) is 5.44. The molecular formula is C22H28O2. The van der Waals surface area contributed by atoms with Crippen LogP contribution in [0, 0.1) is 17.3 Å². The van der Waals surface area contributed by atoms with Crippen LogP contribution in [0.2, 0.25) is 0 Å². The number of phenols is 1. The normalized spacial score (nSPS) is 34.3. The first-order valence-electron chi connectivity index (χ1n) is 9.60. The SMILES string of the molecule is CCCCC1=CC[C@H]2[C@@H]3CC(=O)c4cc(O)ccc4[C@H]3CC[C@]12C. The van der Waals surface area contributed by atoms with Gasteiger partial charge in [0, 0.05) is 12.0 Å². The number of fused-ring (bicyclic) bond motifs is 5. The van der Waals surface area contributed by atoms with E-state index in [1.807, 2.05) is 6.07 Å². The first-order valence-corrected chi connectivity index (χ1v) is 9.60. The van der Waals surface area contributed by atoms with Crippen molar-refractivity contribution in [3.05, 3.63) is 41.0 Å². The topological polar surface area (TPSA) is 37.3 Å². The molecule has 128 valence electrons. The second-order valence-electron chi connectivity index (χ2n) is 8.30. The molecule has 2 heteroatoms. The van der Waals surface area contributed by atoms with E-state index in [2.05, 4.69) is 19.9 Å². The Morgan fingerprint density at radius 1 is 1.33 bits per heavy atom. The van der Waals surface area contributed by atoms with Crippen LogP contribution >= 0.6 is 0 Å². The summed E-state index contributed by atoms with van der Waals surface area (Å²) >= 11 is 0. The van der Waals surface area contributed by atoms with Crippen molar-refractivity contribution >= 4 is 5.78 Å². The van der Waals surface area contributed by atoms with Gasteiger partial charge in [-0.15, -0.1) is 0 Å². The standard InChI is InChI=1S/C22H28O2/c1-3-4-5-14-6-9-20-18-13-21(24)19-12-15(23)7-8-16(19)17(18)10-11-22(14,20)2/h6-8,12,17-18,20,23H,3-5,9-11,13H2,1-2H3/t17-,18-,20+,22-/m1/s1. The molecule has 3 aliphatic rings. The molecule has 0 unspecified atom stereocenters. The largest absolute Gasteiger partial charge is 0.508 e. The summed E-state index contributed by atoms with van der Waals surface area (Å²) in [5.74, 6) is 2.03. The third-order valence-corrected chi connectivity index (χ3v) is 7.14. The predicted octanol–water partition coefficient (Wildman–Crippen LogP) is 5.62. The Labute approximate surface area is 145 Å². The van der Waals surface area contributed by atoms with Crippen molar-refractivity contribution in [2.75, 3.05) is 0 Å². The average Bonchev–Trinajstić information content (AvgIpc) is 2.90. The maximum atomic E-state index is 12.7. The highest BCUT2D eigenvalue weighted by atomic mass is 16.3. The van der Waals surface area contributed by atoms with E-state index in [1.165, 1.54) is 37.7 Å². The zero-order valence-corrected chi connectivity index (χ0v) is 14.8. The Morgan fingerprint density at radius 2 is 2.17 bits per heavy atom. The highest BCUT2D eigenvalue weighted by Crippen LogP contribution is 2.61. The van der Waals surface area contributed by atoms with Crippen LogP contribution in [0.4, 0.5) is 0 Å². The van der Waals surface area contributed by atoms with Gasteiger partial charge in [0.1, 0.15) is 5.75 Å². The summed E-state index contributed by atoms with van der Waals surface area (Å²) in [4.78, 5) is 12.7. The van der Waals surface area contributed by atoms with Gasteiger partial charge < -0.3 is 5.11 Å². The summed E-state index contributed by atoms with van der Waals surface area (Å²) in [5, 5.41) is 9.75. The van der Waals surface area contributed by atoms with Crippen LogP contribution in [-0.2, 0) is 0 Å². The number of carbonyl (C=O) groups excluding carboxylic acids is 1. The second-order valence-corrected chi connectivity index (χ2v) is 8.30. The predicted molar refractivity (Wildman–Crippen MR) is 96.3 cm³/mol. The Morgan fingerprint density at radius 3 is 2.96 bits per heavy atom. The number of rotatable bonds is 3. The van der Waals surface area contributed by atoms with E-state index in [0.717, 1.165) is 12.0 Å². The molecule has 0 spiro atoms. The minimum absolute atomic E-state index is 0.214. The summed E-state index contributed by atoms with van der Waals surface area (Å²) in [6.45, 7) is 4.72. The summed E-state index contributed by atoms with van der Waals surface area (Å²) in [5.41, 5.74) is 3.94. The van der Waals surface area contributed by atoms with E-state index in [9.17, 15) is 9.90 Å². The molecule has 0 bridgehead atoms. The van der Waals surface area contributed by atoms with Crippen LogP contribution in [0.1, 0.15) is 80.6 Å². The molecule has 1 N–H and O–H groups in total. The first kappa shape index (κ1) is 15.9. The van der Waals surface area contributed by atoms with Crippen LogP contribution in [0.15, 0.2) is 29.8 Å². The third kappa shape index (κ3) is 2.26. The molecule has 1 fully saturated rings. The number of ketones is 1. The number of allylic oxidation sites excluding steroid dienone is 2. The molecular weight excluding hydrogens is 296 g/mol. The fourth-order valence-corrected chi connectivity index (χ4v) is 5.80. The van der Waals surface area contributed by atoms with Gasteiger partial charge in [-0.25, -0.2) is 0 Å². The van der Waals surface area contributed by atoms with Crippen LogP contribution < -0.4 is 0 Å². The van der Waals surface area contributed by atoms with Crippen LogP contribution in [0.25, 0.3) is 0 Å². The molecule has 24 heavy (non-hydrogen) atoms. The number of hydrogen-bond acceptors (Lipinski definition) is 2. The number of unbranched alkanes of at least 4 members (excludes halogenated alkanes) is 1. The maximum absolute atomic E-state index is 12.7. The van der Waals surface area contributed by atoms with Crippen LogP contribution in [0.5, 0.6) is 5.75 Å². The quantitative estimate of drug-likeness (QED) is 0.733. The van der Waals surface area contributed by atoms with Gasteiger partial charge in [0.2, 0.25) is 0 Å². The van der Waals surface area contributed by atoms with Crippen molar-refractivity contribution in [1.29, 1.82) is 0 Å². The molecule has 0 aliphatic heterocycles. The van der Waals surface area contributed by atoms with Crippen molar-refractivity contribution in [3.8, 4) is 5.75 Å². The molecule has 0 radical (unpaired) electrons. The highest BCUT2D eigenvalue weighted by molar-refractivity contribution is 5.99. The van der Waals surface area contributed by atoms with E-state index in [0.29, 0.717) is 29.6 Å². The molecule has 2 nitrogen and oxygen atoms in total. The van der Waals surface area contributed by atoms with Gasteiger partial charge in [0.15, 0.2) is 5.78 Å². The van der Waals surface area contributed by atoms with Gasteiger partial charge in [-0.1, -0.05) is 38.0 Å². The molecule has 4 rings (SSSR count). The number of phenolic OH excluding ortho intramolecular Hbond substituents is 1. The fourth-order valence-electron chi connectivity index (χ4n) is 5.80. The Balaban J connectivity index is 1.65. The lowest BCUT2D eigenvalue weighted by Crippen LogP contribution is -2.42. The van der Waals surface area contributed by atoms with Crippen molar-refractivity contribution in [2.45, 2.75) is 64.7 Å². The highest BCUT2D eigenvalue weighted by Gasteiger charge is 2.52. The average molecular weight is 324 g/mol. The fraction of sp³-hybridized carbons (Fsp3) is 0.591. The minimum Gasteiger partial charge on any atom is -0.508 e. The molecule has 1 saturated carbocycles. The maximum Gasteiger partial charge on any atom is 0.163 e. The van der Waals surface area contributed by atoms with E-state index in [4.69, 9.17) is 0 Å². The molecule has 0 amide bonds. The van der Waals surface area contributed by atoms with E-state index in [-0.39, 0.29) is 11.5 Å². The Bertz CT molecular complexity index is 702. The van der Waals surface area contributed by atoms with Gasteiger partial charge in [0.05, 0.1) is 0 Å². The van der Waals surface area contributed by atoms with Gasteiger partial charge in [-0.3, -0.25) is 4.79 Å². The van der Waals surface area contributed by atoms with Gasteiger partial charge in [-0.05, 0) is 73.0 Å². The van der Waals surface area contributed by atoms with Crippen LogP contribution in [-0.4, -0.2) is 10.9 Å². The van der Waals surface area contributed by atoms with E-state index < -0.39 is 0 Å². The minimum atomic E-state index is 0.214. The molecule has 3 aliphatic carbocycles. The number of benzene rings is 1. The van der Waals surface area contributed by atoms with Crippen molar-refractivity contribution < 1.29 is 9.90 Å². The van der Waals surface area contributed by atoms with E-state index in [1.54, 1.807) is 17.7 Å². The number of aromatic hydroxyl groups is 1. The first-order chi connectivity index (χ1) is 11.5. The zero-order chi connectivity index (χ0) is 16.9. The third-order valence-electron chi connectivity index (χ3n) is 7.14. The van der Waals surface area contributed by atoms with Gasteiger partial charge >= 0.3 is 0 Å². The number of carbonyl (C=O) groups is 1. The lowest BCUT2D eigenvalue weighted by molar-refractivity contribution is 0.0608. The Kier molecular flexibility index (Phi) is 3.82. The number of Topliss-reactive ketones (excluding diaryl/α,β-unsaturated/α-hetero) is 1. The van der Waals surface area contributed by atoms with Crippen molar-refractivity contribution in [2.24, 2.45) is 17.3 Å². The lowest BCUT2D eigenvalue weighted by Gasteiger charge is -2.50. The summed E-state index contributed by atoms with van der Waals surface area (Å²) < 4.78 is 0. The summed E-state index contributed by atoms with van der Waals surface area (Å²) in [7, 11) is 0. The zero-order valence-electron chi connectivity index (χ0n) is 14.8. The van der Waals surface area contributed by atoms with E-state index >= 15 is 0 Å². The van der Waals surface area contributed by atoms with Gasteiger partial charge in [-0.2, -0.15) is 0 Å². The molecule has 1 aromatic rings. The van der Waals surface area contributed by atoms with Crippen molar-refractivity contribution in [1.82, 2.24) is 0 Å². The molecule has 0 saturated heterocycles. The van der Waals surface area contributed by atoms with Crippen molar-refractivity contribution in [3.63, 3.8) is 0 Å². The lowest BCUT2D eigenvalue weighted by atomic mass is 9.54. The summed E-state index contributed by atoms with van der Waals surface area (Å²) in [6.07, 6.45) is 10.5. The molecule has 4 atom stereocenters. The molecule has 0 heterocycles. The molecule has 1 aromatic carbocycles. The Hall–Kier alpha value is -1.57.